The number of nitrogens with zero attached hydrogens (tertiary/aromatic N) is 3. The smallest absolute Gasteiger partial charge is 0.142 e. The van der Waals surface area contributed by atoms with E-state index in [0.717, 1.165) is 0 Å². The minimum Gasteiger partial charge on any atom is -0.368 e. The van der Waals surface area contributed by atoms with Crippen molar-refractivity contribution in [1.82, 2.24) is 9.78 Å². The summed E-state index contributed by atoms with van der Waals surface area (Å²) in [5.41, 5.74) is 1.26. The summed E-state index contributed by atoms with van der Waals surface area (Å²) >= 11 is 0. The Morgan fingerprint density at radius 2 is 2.31 bits per heavy atom. The fraction of sp³-hybridized carbons (Fsp3) is 0.600. The van der Waals surface area contributed by atoms with Crippen LogP contribution in [-0.4, -0.2) is 32.0 Å². The highest BCUT2D eigenvalue weighted by Gasteiger charge is 2.14. The normalized spacial score (nSPS) is 14.2. The lowest BCUT2D eigenvalue weighted by atomic mass is 10.2. The molecule has 0 aliphatic heterocycles. The molecule has 16 heavy (non-hydrogen) atoms. The van der Waals surface area contributed by atoms with Crippen LogP contribution in [0, 0.1) is 18.3 Å². The molecule has 0 amide bonds. The maximum Gasteiger partial charge on any atom is 0.142 e. The van der Waals surface area contributed by atoms with Gasteiger partial charge in [0.25, 0.3) is 0 Å². The third-order valence-corrected chi connectivity index (χ3v) is 3.76. The second-order valence-corrected chi connectivity index (χ2v) is 5.54. The van der Waals surface area contributed by atoms with Crippen molar-refractivity contribution in [2.24, 2.45) is 7.05 Å². The lowest BCUT2D eigenvalue weighted by molar-refractivity contribution is 0.678. The molecule has 1 heterocycles. The third kappa shape index (κ3) is 2.61. The van der Waals surface area contributed by atoms with Crippen LogP contribution in [0.25, 0.3) is 0 Å². The molecular weight excluding hydrogens is 224 g/mol. The van der Waals surface area contributed by atoms with Gasteiger partial charge in [0.1, 0.15) is 17.5 Å². The van der Waals surface area contributed by atoms with Gasteiger partial charge in [0.2, 0.25) is 0 Å². The molecule has 6 heteroatoms. The van der Waals surface area contributed by atoms with Crippen LogP contribution in [0.2, 0.25) is 0 Å². The van der Waals surface area contributed by atoms with E-state index in [-0.39, 0.29) is 5.25 Å². The summed E-state index contributed by atoms with van der Waals surface area (Å²) < 4.78 is 12.8. The molecule has 2 unspecified atom stereocenters. The Hall–Kier alpha value is -1.35. The number of hydrogen-bond donors (Lipinski definition) is 1. The minimum atomic E-state index is -0.867. The average Bonchev–Trinajstić information content (AvgIpc) is 2.48. The van der Waals surface area contributed by atoms with Crippen LogP contribution >= 0.6 is 0 Å². The SMILES string of the molecule is Cc1nn(C)c(NCC(C)S(C)=O)c1C#N. The summed E-state index contributed by atoms with van der Waals surface area (Å²) in [5.74, 6) is 0.692. The first-order valence-electron chi connectivity index (χ1n) is 4.97. The number of aryl methyl sites for hydroxylation is 2. The predicted molar refractivity (Wildman–Crippen MR) is 64.7 cm³/mol. The Morgan fingerprint density at radius 1 is 1.69 bits per heavy atom. The summed E-state index contributed by atoms with van der Waals surface area (Å²) in [6.07, 6.45) is 1.67. The number of nitriles is 1. The molecule has 0 fully saturated rings. The molecule has 1 rings (SSSR count). The molecule has 0 aromatic carbocycles. The standard InChI is InChI=1S/C10H16N4OS/c1-7(16(4)15)6-12-10-9(5-11)8(2)13-14(10)3/h7,12H,6H2,1-4H3. The van der Waals surface area contributed by atoms with Gasteiger partial charge < -0.3 is 5.32 Å². The van der Waals surface area contributed by atoms with Gasteiger partial charge in [-0.25, -0.2) is 0 Å². The molecular formula is C10H16N4OS. The van der Waals surface area contributed by atoms with Crippen molar-refractivity contribution in [2.45, 2.75) is 19.1 Å². The fourth-order valence-corrected chi connectivity index (χ4v) is 1.67. The molecule has 0 aliphatic rings. The zero-order chi connectivity index (χ0) is 12.3. The summed E-state index contributed by atoms with van der Waals surface area (Å²) in [6.45, 7) is 4.26. The van der Waals surface area contributed by atoms with Crippen LogP contribution < -0.4 is 5.32 Å². The quantitative estimate of drug-likeness (QED) is 0.844. The summed E-state index contributed by atoms with van der Waals surface area (Å²) in [7, 11) is 0.914. The monoisotopic (exact) mass is 240 g/mol. The third-order valence-electron chi connectivity index (χ3n) is 2.46. The van der Waals surface area contributed by atoms with E-state index in [2.05, 4.69) is 16.5 Å². The number of rotatable bonds is 4. The van der Waals surface area contributed by atoms with Gasteiger partial charge in [-0.1, -0.05) is 0 Å². The van der Waals surface area contributed by atoms with Gasteiger partial charge in [0, 0.05) is 35.9 Å². The molecule has 1 aromatic rings. The van der Waals surface area contributed by atoms with Crippen molar-refractivity contribution >= 4 is 16.6 Å². The first kappa shape index (κ1) is 12.7. The molecule has 1 aromatic heterocycles. The van der Waals surface area contributed by atoms with Gasteiger partial charge in [-0.05, 0) is 13.8 Å². The van der Waals surface area contributed by atoms with Crippen molar-refractivity contribution in [3.05, 3.63) is 11.3 Å². The Balaban J connectivity index is 2.82. The zero-order valence-corrected chi connectivity index (χ0v) is 10.8. The van der Waals surface area contributed by atoms with Crippen molar-refractivity contribution in [3.63, 3.8) is 0 Å². The fourth-order valence-electron chi connectivity index (χ4n) is 1.35. The zero-order valence-electron chi connectivity index (χ0n) is 9.94. The highest BCUT2D eigenvalue weighted by Crippen LogP contribution is 2.17. The molecule has 0 bridgehead atoms. The Kier molecular flexibility index (Phi) is 4.07. The van der Waals surface area contributed by atoms with Crippen LogP contribution in [0.5, 0.6) is 0 Å². The topological polar surface area (TPSA) is 70.7 Å². The van der Waals surface area contributed by atoms with Crippen LogP contribution in [0.4, 0.5) is 5.82 Å². The van der Waals surface area contributed by atoms with Gasteiger partial charge in [-0.15, -0.1) is 0 Å². The van der Waals surface area contributed by atoms with E-state index in [1.807, 2.05) is 6.92 Å². The van der Waals surface area contributed by atoms with E-state index in [1.54, 1.807) is 24.9 Å². The Labute approximate surface area is 97.9 Å². The lowest BCUT2D eigenvalue weighted by Gasteiger charge is -2.11. The lowest BCUT2D eigenvalue weighted by Crippen LogP contribution is -2.22. The van der Waals surface area contributed by atoms with Gasteiger partial charge in [-0.3, -0.25) is 8.89 Å². The highest BCUT2D eigenvalue weighted by molar-refractivity contribution is 7.84. The second-order valence-electron chi connectivity index (χ2n) is 3.73. The highest BCUT2D eigenvalue weighted by atomic mass is 32.2. The minimum absolute atomic E-state index is 0.0433. The van der Waals surface area contributed by atoms with E-state index >= 15 is 0 Å². The van der Waals surface area contributed by atoms with Gasteiger partial charge in [-0.2, -0.15) is 10.4 Å². The molecule has 0 aliphatic carbocycles. The van der Waals surface area contributed by atoms with Crippen LogP contribution in [-0.2, 0) is 17.8 Å². The maximum absolute atomic E-state index is 11.2. The number of hydrogen-bond acceptors (Lipinski definition) is 4. The molecule has 2 atom stereocenters. The van der Waals surface area contributed by atoms with Gasteiger partial charge >= 0.3 is 0 Å². The van der Waals surface area contributed by atoms with Crippen LogP contribution in [0.15, 0.2) is 0 Å². The van der Waals surface area contributed by atoms with E-state index in [1.165, 1.54) is 0 Å². The molecule has 0 saturated carbocycles. The molecule has 0 radical (unpaired) electrons. The summed E-state index contributed by atoms with van der Waals surface area (Å²) in [5, 5.41) is 16.3. The first-order chi connectivity index (χ1) is 7.47. The van der Waals surface area contributed by atoms with Crippen molar-refractivity contribution in [2.75, 3.05) is 18.1 Å². The molecule has 0 spiro atoms. The van der Waals surface area contributed by atoms with Crippen molar-refractivity contribution in [3.8, 4) is 6.07 Å². The number of nitrogens with one attached hydrogen (secondary N) is 1. The molecule has 5 nitrogen and oxygen atoms in total. The van der Waals surface area contributed by atoms with E-state index in [0.29, 0.717) is 23.6 Å². The van der Waals surface area contributed by atoms with Gasteiger partial charge in [0.05, 0.1) is 5.69 Å². The number of aromatic nitrogens is 2. The van der Waals surface area contributed by atoms with Crippen LogP contribution in [0.3, 0.4) is 0 Å². The van der Waals surface area contributed by atoms with Crippen molar-refractivity contribution in [1.29, 1.82) is 5.26 Å². The van der Waals surface area contributed by atoms with E-state index in [4.69, 9.17) is 5.26 Å². The first-order valence-corrected chi connectivity index (χ1v) is 6.59. The van der Waals surface area contributed by atoms with Gasteiger partial charge in [0.15, 0.2) is 0 Å². The molecule has 88 valence electrons. The molecule has 0 saturated heterocycles. The van der Waals surface area contributed by atoms with Crippen molar-refractivity contribution < 1.29 is 4.21 Å². The summed E-state index contributed by atoms with van der Waals surface area (Å²) in [4.78, 5) is 0. The molecule has 1 N–H and O–H groups in total. The van der Waals surface area contributed by atoms with Crippen LogP contribution in [0.1, 0.15) is 18.2 Å². The summed E-state index contributed by atoms with van der Waals surface area (Å²) in [6, 6.07) is 2.12. The second kappa shape index (κ2) is 5.12. The number of anilines is 1. The Bertz CT molecular complexity index is 446. The van der Waals surface area contributed by atoms with E-state index in [9.17, 15) is 4.21 Å². The average molecular weight is 240 g/mol. The van der Waals surface area contributed by atoms with E-state index < -0.39 is 10.8 Å². The Morgan fingerprint density at radius 3 is 2.81 bits per heavy atom. The largest absolute Gasteiger partial charge is 0.368 e. The predicted octanol–water partition coefficient (Wildman–Crippen LogP) is 0.779. The maximum atomic E-state index is 11.2.